The van der Waals surface area contributed by atoms with E-state index in [2.05, 4.69) is 11.7 Å². The maximum atomic E-state index is 12.5. The Bertz CT molecular complexity index is 745. The zero-order valence-electron chi connectivity index (χ0n) is 14.6. The number of halogens is 3. The Morgan fingerprint density at radius 3 is 2.44 bits per heavy atom. The third-order valence-electron chi connectivity index (χ3n) is 4.50. The summed E-state index contributed by atoms with van der Waals surface area (Å²) in [4.78, 5) is 34.5. The van der Waals surface area contributed by atoms with Crippen molar-refractivity contribution in [1.82, 2.24) is 0 Å². The van der Waals surface area contributed by atoms with Gasteiger partial charge in [-0.2, -0.15) is 0 Å². The summed E-state index contributed by atoms with van der Waals surface area (Å²) in [6.45, 7) is 2.23. The van der Waals surface area contributed by atoms with E-state index in [1.807, 2.05) is 0 Å². The summed E-state index contributed by atoms with van der Waals surface area (Å²) in [6.07, 6.45) is 5.53. The zero-order chi connectivity index (χ0) is 20.1. The lowest BCUT2D eigenvalue weighted by molar-refractivity contribution is -0.158. The van der Waals surface area contributed by atoms with Gasteiger partial charge >= 0.3 is 17.9 Å². The molecule has 27 heavy (non-hydrogen) atoms. The molecule has 1 aliphatic rings. The number of rotatable bonds is 7. The molecule has 1 atom stereocenters. The molecule has 1 saturated carbocycles. The number of carbonyl (C=O) groups excluding carboxylic acids is 2. The van der Waals surface area contributed by atoms with E-state index in [1.54, 1.807) is 0 Å². The first-order valence-corrected chi connectivity index (χ1v) is 9.63. The molecule has 9 heteroatoms. The predicted molar refractivity (Wildman–Crippen MR) is 101 cm³/mol. The van der Waals surface area contributed by atoms with Crippen LogP contribution in [0.2, 0.25) is 15.1 Å². The number of hydrogen-bond donors (Lipinski definition) is 1. The number of benzene rings is 1. The van der Waals surface area contributed by atoms with Crippen molar-refractivity contribution in [2.24, 2.45) is 11.8 Å². The Hall–Kier alpha value is -1.50. The van der Waals surface area contributed by atoms with Crippen molar-refractivity contribution >= 4 is 52.7 Å². The molecule has 1 aromatic carbocycles. The van der Waals surface area contributed by atoms with Gasteiger partial charge in [0.15, 0.2) is 5.75 Å². The van der Waals surface area contributed by atoms with E-state index in [4.69, 9.17) is 44.6 Å². The summed E-state index contributed by atoms with van der Waals surface area (Å²) < 4.78 is 9.91. The van der Waals surface area contributed by atoms with Crippen LogP contribution in [0.5, 0.6) is 5.75 Å². The smallest absolute Gasteiger partial charge is 0.422 e. The van der Waals surface area contributed by atoms with Crippen molar-refractivity contribution in [3.63, 3.8) is 0 Å². The molecule has 0 aliphatic heterocycles. The third-order valence-corrected chi connectivity index (χ3v) is 5.57. The monoisotopic (exact) mass is 436 g/mol. The van der Waals surface area contributed by atoms with E-state index in [0.29, 0.717) is 12.3 Å². The van der Waals surface area contributed by atoms with Crippen LogP contribution >= 0.6 is 34.8 Å². The van der Waals surface area contributed by atoms with Gasteiger partial charge in [0.25, 0.3) is 0 Å². The van der Waals surface area contributed by atoms with Gasteiger partial charge in [-0.05, 0) is 30.7 Å². The molecule has 0 radical (unpaired) electrons. The molecule has 1 unspecified atom stereocenters. The first-order chi connectivity index (χ1) is 12.7. The van der Waals surface area contributed by atoms with E-state index in [0.717, 1.165) is 18.4 Å². The molecule has 0 bridgehead atoms. The first kappa shape index (κ1) is 21.8. The standard InChI is InChI=1S/C18H19Cl3O6/c1-9(7-10-3-2-4-10)5-6-26-17(24)13-14(21)11(19)8-12(20)15(13)27-18(25)16(22)23/h8-10H,2-7H2,1H3,(H,22,23). The number of aliphatic carboxylic acids is 1. The Morgan fingerprint density at radius 1 is 1.22 bits per heavy atom. The van der Waals surface area contributed by atoms with Gasteiger partial charge in [0.1, 0.15) is 5.56 Å². The summed E-state index contributed by atoms with van der Waals surface area (Å²) in [7, 11) is 0. The van der Waals surface area contributed by atoms with Crippen LogP contribution in [0, 0.1) is 11.8 Å². The quantitative estimate of drug-likeness (QED) is 0.279. The highest BCUT2D eigenvalue weighted by Gasteiger charge is 2.28. The fourth-order valence-electron chi connectivity index (χ4n) is 2.84. The number of carboxylic acid groups (broad SMARTS) is 1. The highest BCUT2D eigenvalue weighted by molar-refractivity contribution is 6.46. The second-order valence-electron chi connectivity index (χ2n) is 6.62. The average Bonchev–Trinajstić information content (AvgIpc) is 2.55. The molecule has 148 valence electrons. The van der Waals surface area contributed by atoms with Crippen molar-refractivity contribution in [1.29, 1.82) is 0 Å². The molecule has 1 fully saturated rings. The molecule has 0 aromatic heterocycles. The molecule has 1 aliphatic carbocycles. The Morgan fingerprint density at radius 2 is 1.89 bits per heavy atom. The lowest BCUT2D eigenvalue weighted by atomic mass is 9.79. The molecule has 0 amide bonds. The average molecular weight is 438 g/mol. The predicted octanol–water partition coefficient (Wildman–Crippen LogP) is 5.01. The highest BCUT2D eigenvalue weighted by Crippen LogP contribution is 2.40. The summed E-state index contributed by atoms with van der Waals surface area (Å²) in [5.41, 5.74) is -0.379. The summed E-state index contributed by atoms with van der Waals surface area (Å²) in [5, 5.41) is 8.17. The van der Waals surface area contributed by atoms with Gasteiger partial charge in [0.05, 0.1) is 21.7 Å². The van der Waals surface area contributed by atoms with Gasteiger partial charge in [-0.25, -0.2) is 14.4 Å². The largest absolute Gasteiger partial charge is 0.473 e. The number of hydrogen-bond acceptors (Lipinski definition) is 5. The van der Waals surface area contributed by atoms with Gasteiger partial charge < -0.3 is 14.6 Å². The summed E-state index contributed by atoms with van der Waals surface area (Å²) in [6, 6.07) is 1.15. The first-order valence-electron chi connectivity index (χ1n) is 8.50. The van der Waals surface area contributed by atoms with Gasteiger partial charge in [0.2, 0.25) is 0 Å². The molecule has 6 nitrogen and oxygen atoms in total. The minimum absolute atomic E-state index is 0.0536. The zero-order valence-corrected chi connectivity index (χ0v) is 16.9. The fourth-order valence-corrected chi connectivity index (χ4v) is 3.56. The maximum absolute atomic E-state index is 12.5. The van der Waals surface area contributed by atoms with Crippen molar-refractivity contribution in [2.75, 3.05) is 6.61 Å². The Kier molecular flexibility index (Phi) is 7.77. The molecule has 0 heterocycles. The van der Waals surface area contributed by atoms with Crippen LogP contribution in [-0.2, 0) is 14.3 Å². The van der Waals surface area contributed by atoms with Crippen LogP contribution in [0.4, 0.5) is 0 Å². The molecular formula is C18H19Cl3O6. The van der Waals surface area contributed by atoms with Crippen LogP contribution in [-0.4, -0.2) is 29.6 Å². The van der Waals surface area contributed by atoms with Gasteiger partial charge in [-0.15, -0.1) is 0 Å². The lowest BCUT2D eigenvalue weighted by Gasteiger charge is -2.28. The number of esters is 2. The Labute approximate surface area is 171 Å². The van der Waals surface area contributed by atoms with Crippen molar-refractivity contribution in [2.45, 2.75) is 39.0 Å². The molecule has 1 N–H and O–H groups in total. The van der Waals surface area contributed by atoms with Crippen LogP contribution < -0.4 is 4.74 Å². The molecular weight excluding hydrogens is 419 g/mol. The van der Waals surface area contributed by atoms with E-state index in [9.17, 15) is 14.4 Å². The van der Waals surface area contributed by atoms with Crippen LogP contribution in [0.25, 0.3) is 0 Å². The second kappa shape index (κ2) is 9.62. The number of carbonyl (C=O) groups is 3. The molecule has 1 aromatic rings. The normalized spacial score (nSPS) is 15.0. The minimum atomic E-state index is -1.85. The van der Waals surface area contributed by atoms with E-state index in [1.165, 1.54) is 19.3 Å². The fraction of sp³-hybridized carbons (Fsp3) is 0.500. The maximum Gasteiger partial charge on any atom is 0.422 e. The van der Waals surface area contributed by atoms with Crippen LogP contribution in [0.1, 0.15) is 49.4 Å². The van der Waals surface area contributed by atoms with Gasteiger partial charge in [-0.3, -0.25) is 0 Å². The molecule has 0 saturated heterocycles. The van der Waals surface area contributed by atoms with E-state index >= 15 is 0 Å². The van der Waals surface area contributed by atoms with Gasteiger partial charge in [-0.1, -0.05) is 61.0 Å². The second-order valence-corrected chi connectivity index (χ2v) is 7.81. The summed E-state index contributed by atoms with van der Waals surface area (Å²) >= 11 is 17.9. The minimum Gasteiger partial charge on any atom is -0.473 e. The topological polar surface area (TPSA) is 89.9 Å². The highest BCUT2D eigenvalue weighted by atomic mass is 35.5. The number of carboxylic acids is 1. The van der Waals surface area contributed by atoms with Crippen LogP contribution in [0.3, 0.4) is 0 Å². The number of ether oxygens (including phenoxy) is 2. The summed E-state index contributed by atoms with van der Waals surface area (Å²) in [5.74, 6) is -3.70. The molecule has 0 spiro atoms. The van der Waals surface area contributed by atoms with Crippen molar-refractivity contribution < 1.29 is 29.0 Å². The van der Waals surface area contributed by atoms with Crippen molar-refractivity contribution in [3.05, 3.63) is 26.7 Å². The van der Waals surface area contributed by atoms with E-state index in [-0.39, 0.29) is 27.2 Å². The lowest BCUT2D eigenvalue weighted by Crippen LogP contribution is -2.21. The van der Waals surface area contributed by atoms with Crippen molar-refractivity contribution in [3.8, 4) is 5.75 Å². The van der Waals surface area contributed by atoms with E-state index < -0.39 is 23.7 Å². The van der Waals surface area contributed by atoms with Crippen LogP contribution in [0.15, 0.2) is 6.07 Å². The Balaban J connectivity index is 2.08. The third kappa shape index (κ3) is 5.74. The molecule has 2 rings (SSSR count). The van der Waals surface area contributed by atoms with Gasteiger partial charge in [0, 0.05) is 0 Å². The SMILES string of the molecule is CC(CCOC(=O)c1c(Cl)c(Cl)cc(Cl)c1OC(=O)C(=O)O)CC1CCC1.